The summed E-state index contributed by atoms with van der Waals surface area (Å²) < 4.78 is 10.7. The number of rotatable bonds is 5. The topological polar surface area (TPSA) is 21.7 Å². The van der Waals surface area contributed by atoms with E-state index < -0.39 is 0 Å². The molecule has 0 aliphatic carbocycles. The van der Waals surface area contributed by atoms with E-state index in [0.29, 0.717) is 19.8 Å². The van der Waals surface area contributed by atoms with Crippen LogP contribution in [0.1, 0.15) is 13.3 Å². The van der Waals surface area contributed by atoms with Crippen molar-refractivity contribution in [2.45, 2.75) is 19.6 Å². The van der Waals surface area contributed by atoms with Crippen LogP contribution in [-0.4, -0.2) is 44.0 Å². The van der Waals surface area contributed by atoms with E-state index in [1.807, 2.05) is 0 Å². The van der Waals surface area contributed by atoms with Crippen LogP contribution in [0.15, 0.2) is 0 Å². The molecule has 1 aliphatic heterocycles. The lowest BCUT2D eigenvalue weighted by Gasteiger charge is -2.21. The summed E-state index contributed by atoms with van der Waals surface area (Å²) in [6.45, 7) is 6.03. The molecule has 3 heteroatoms. The zero-order valence-electron chi connectivity index (χ0n) is 8.16. The van der Waals surface area contributed by atoms with Crippen LogP contribution in [0.4, 0.5) is 0 Å². The molecule has 0 saturated carbocycles. The molecular weight excluding hydrogens is 166 g/mol. The monoisotopic (exact) mass is 183 g/mol. The van der Waals surface area contributed by atoms with Crippen LogP contribution < -0.4 is 0 Å². The molecular formula is C10H17NO2. The van der Waals surface area contributed by atoms with Crippen molar-refractivity contribution < 1.29 is 9.47 Å². The van der Waals surface area contributed by atoms with Gasteiger partial charge in [-0.1, -0.05) is 12.8 Å². The van der Waals surface area contributed by atoms with E-state index in [2.05, 4.69) is 17.7 Å². The highest BCUT2D eigenvalue weighted by molar-refractivity contribution is 4.88. The third-order valence-corrected chi connectivity index (χ3v) is 1.95. The van der Waals surface area contributed by atoms with E-state index in [1.54, 1.807) is 0 Å². The smallest absolute Gasteiger partial charge is 0.170 e. The fourth-order valence-electron chi connectivity index (χ4n) is 1.40. The van der Waals surface area contributed by atoms with E-state index in [9.17, 15) is 0 Å². The first kappa shape index (κ1) is 10.5. The van der Waals surface area contributed by atoms with Crippen LogP contribution in [0.5, 0.6) is 0 Å². The van der Waals surface area contributed by atoms with Crippen molar-refractivity contribution in [1.29, 1.82) is 0 Å². The highest BCUT2D eigenvalue weighted by Crippen LogP contribution is 2.05. The summed E-state index contributed by atoms with van der Waals surface area (Å²) in [6.07, 6.45) is 6.30. The minimum atomic E-state index is -0.0695. The molecule has 1 aliphatic rings. The van der Waals surface area contributed by atoms with Gasteiger partial charge in [0, 0.05) is 0 Å². The molecule has 3 nitrogen and oxygen atoms in total. The molecule has 0 spiro atoms. The number of hydrogen-bond acceptors (Lipinski definition) is 3. The second-order valence-corrected chi connectivity index (χ2v) is 3.11. The van der Waals surface area contributed by atoms with Crippen LogP contribution in [0.3, 0.4) is 0 Å². The third kappa shape index (κ3) is 3.77. The van der Waals surface area contributed by atoms with Crippen LogP contribution >= 0.6 is 0 Å². The van der Waals surface area contributed by atoms with E-state index >= 15 is 0 Å². The quantitative estimate of drug-likeness (QED) is 0.586. The van der Waals surface area contributed by atoms with Crippen LogP contribution in [0.2, 0.25) is 0 Å². The third-order valence-electron chi connectivity index (χ3n) is 1.95. The second-order valence-electron chi connectivity index (χ2n) is 3.11. The van der Waals surface area contributed by atoms with Crippen molar-refractivity contribution in [3.05, 3.63) is 0 Å². The largest absolute Gasteiger partial charge is 0.349 e. The average molecular weight is 183 g/mol. The van der Waals surface area contributed by atoms with Gasteiger partial charge >= 0.3 is 0 Å². The minimum Gasteiger partial charge on any atom is -0.349 e. The summed E-state index contributed by atoms with van der Waals surface area (Å²) in [5.41, 5.74) is 0. The van der Waals surface area contributed by atoms with Gasteiger partial charge in [0.05, 0.1) is 26.3 Å². The van der Waals surface area contributed by atoms with Crippen molar-refractivity contribution in [3.8, 4) is 12.3 Å². The van der Waals surface area contributed by atoms with Crippen molar-refractivity contribution in [2.75, 3.05) is 32.8 Å². The van der Waals surface area contributed by atoms with Gasteiger partial charge < -0.3 is 9.47 Å². The molecule has 0 N–H and O–H groups in total. The Morgan fingerprint density at radius 1 is 1.46 bits per heavy atom. The first-order valence-corrected chi connectivity index (χ1v) is 4.76. The Morgan fingerprint density at radius 2 is 2.15 bits per heavy atom. The molecule has 1 rings (SSSR count). The summed E-state index contributed by atoms with van der Waals surface area (Å²) in [6, 6.07) is 0. The van der Waals surface area contributed by atoms with E-state index in [0.717, 1.165) is 19.5 Å². The lowest BCUT2D eigenvalue weighted by Crippen LogP contribution is -2.33. The molecule has 0 radical (unpaired) electrons. The van der Waals surface area contributed by atoms with Gasteiger partial charge in [-0.2, -0.15) is 0 Å². The van der Waals surface area contributed by atoms with Gasteiger partial charge in [-0.15, -0.1) is 6.42 Å². The van der Waals surface area contributed by atoms with Gasteiger partial charge in [-0.25, -0.2) is 0 Å². The maximum Gasteiger partial charge on any atom is 0.170 e. The summed E-state index contributed by atoms with van der Waals surface area (Å²) in [7, 11) is 0. The molecule has 74 valence electrons. The molecule has 0 amide bonds. The molecule has 0 aromatic carbocycles. The Bertz CT molecular complexity index is 170. The summed E-state index contributed by atoms with van der Waals surface area (Å²) in [5, 5.41) is 0. The maximum absolute atomic E-state index is 5.34. The van der Waals surface area contributed by atoms with E-state index in [4.69, 9.17) is 15.9 Å². The zero-order valence-corrected chi connectivity index (χ0v) is 8.16. The summed E-state index contributed by atoms with van der Waals surface area (Å²) in [5.74, 6) is 2.64. The van der Waals surface area contributed by atoms with Crippen LogP contribution in [0, 0.1) is 12.3 Å². The number of terminal acetylenes is 1. The normalized spacial score (nSPS) is 17.9. The van der Waals surface area contributed by atoms with Crippen molar-refractivity contribution >= 4 is 0 Å². The van der Waals surface area contributed by atoms with Gasteiger partial charge in [0.2, 0.25) is 0 Å². The highest BCUT2D eigenvalue weighted by Gasteiger charge is 2.18. The molecule has 0 unspecified atom stereocenters. The predicted molar refractivity (Wildman–Crippen MR) is 51.3 cm³/mol. The van der Waals surface area contributed by atoms with Crippen molar-refractivity contribution in [3.63, 3.8) is 0 Å². The molecule has 0 bridgehead atoms. The lowest BCUT2D eigenvalue weighted by atomic mass is 10.4. The Hall–Kier alpha value is -0.560. The molecule has 1 saturated heterocycles. The molecule has 13 heavy (non-hydrogen) atoms. The molecule has 0 atom stereocenters. The van der Waals surface area contributed by atoms with Gasteiger partial charge in [-0.3, -0.25) is 4.90 Å². The predicted octanol–water partition coefficient (Wildman–Crippen LogP) is 0.704. The first-order chi connectivity index (χ1) is 6.36. The number of ether oxygens (including phenoxy) is 2. The van der Waals surface area contributed by atoms with E-state index in [-0.39, 0.29) is 6.29 Å². The van der Waals surface area contributed by atoms with Crippen molar-refractivity contribution in [1.82, 2.24) is 4.90 Å². The minimum absolute atomic E-state index is 0.0695. The molecule has 1 fully saturated rings. The van der Waals surface area contributed by atoms with Crippen molar-refractivity contribution in [2.24, 2.45) is 0 Å². The lowest BCUT2D eigenvalue weighted by molar-refractivity contribution is -0.0599. The summed E-state index contributed by atoms with van der Waals surface area (Å²) in [4.78, 5) is 2.18. The second kappa shape index (κ2) is 5.98. The highest BCUT2D eigenvalue weighted by atomic mass is 16.7. The Balaban J connectivity index is 2.24. The molecule has 0 aromatic heterocycles. The van der Waals surface area contributed by atoms with Crippen LogP contribution in [0.25, 0.3) is 0 Å². The fraction of sp³-hybridized carbons (Fsp3) is 0.800. The molecule has 1 heterocycles. The van der Waals surface area contributed by atoms with Gasteiger partial charge in [0.25, 0.3) is 0 Å². The standard InChI is InChI=1S/C10H17NO2/c1-3-5-11(6-4-2)9-10-12-7-8-13-10/h1,10H,4-9H2,2H3. The van der Waals surface area contributed by atoms with Crippen LogP contribution in [-0.2, 0) is 9.47 Å². The fourth-order valence-corrected chi connectivity index (χ4v) is 1.40. The number of hydrogen-bond donors (Lipinski definition) is 0. The Labute approximate surface area is 80.0 Å². The molecule has 0 aromatic rings. The average Bonchev–Trinajstić information content (AvgIpc) is 2.58. The van der Waals surface area contributed by atoms with Gasteiger partial charge in [-0.05, 0) is 13.0 Å². The van der Waals surface area contributed by atoms with E-state index in [1.165, 1.54) is 0 Å². The van der Waals surface area contributed by atoms with Gasteiger partial charge in [0.15, 0.2) is 6.29 Å². The SMILES string of the molecule is C#CCN(CCC)CC1OCCO1. The zero-order chi connectivity index (χ0) is 9.52. The first-order valence-electron chi connectivity index (χ1n) is 4.76. The number of nitrogens with zero attached hydrogens (tertiary/aromatic N) is 1. The summed E-state index contributed by atoms with van der Waals surface area (Å²) >= 11 is 0. The Morgan fingerprint density at radius 3 is 2.69 bits per heavy atom. The maximum atomic E-state index is 5.34. The van der Waals surface area contributed by atoms with Gasteiger partial charge in [0.1, 0.15) is 0 Å². The Kier molecular flexibility index (Phi) is 4.84.